The summed E-state index contributed by atoms with van der Waals surface area (Å²) < 4.78 is 52.0. The molecule has 1 aliphatic rings. The molecule has 1 unspecified atom stereocenters. The van der Waals surface area contributed by atoms with Crippen LogP contribution in [0.2, 0.25) is 0 Å². The van der Waals surface area contributed by atoms with Crippen molar-refractivity contribution in [2.45, 2.75) is 30.8 Å². The molecule has 3 aromatic carbocycles. The van der Waals surface area contributed by atoms with Gasteiger partial charge in [-0.25, -0.2) is 22.5 Å². The SMILES string of the molecule is CCOC(=O)c1ccc(N2C(=O)CC(N(Cc3ccc(F)cc3)S(=O)(=O)c3ccc(OC)cc3)C2=O)cc1. The number of ether oxygens (including phenoxy) is 2. The number of hydrogen-bond donors (Lipinski definition) is 0. The highest BCUT2D eigenvalue weighted by molar-refractivity contribution is 7.89. The van der Waals surface area contributed by atoms with Gasteiger partial charge < -0.3 is 9.47 Å². The Morgan fingerprint density at radius 1 is 1.00 bits per heavy atom. The zero-order chi connectivity index (χ0) is 27.4. The van der Waals surface area contributed by atoms with E-state index in [4.69, 9.17) is 9.47 Å². The van der Waals surface area contributed by atoms with Gasteiger partial charge in [-0.1, -0.05) is 12.1 Å². The molecule has 198 valence electrons. The highest BCUT2D eigenvalue weighted by atomic mass is 32.2. The van der Waals surface area contributed by atoms with Crippen LogP contribution in [0.3, 0.4) is 0 Å². The summed E-state index contributed by atoms with van der Waals surface area (Å²) in [6.45, 7) is 1.59. The first-order valence-corrected chi connectivity index (χ1v) is 13.1. The number of carbonyl (C=O) groups excluding carboxylic acids is 3. The number of rotatable bonds is 9. The van der Waals surface area contributed by atoms with E-state index in [1.54, 1.807) is 6.92 Å². The number of nitrogens with zero attached hydrogens (tertiary/aromatic N) is 2. The van der Waals surface area contributed by atoms with E-state index in [1.165, 1.54) is 79.9 Å². The molecule has 0 aromatic heterocycles. The van der Waals surface area contributed by atoms with Crippen molar-refractivity contribution in [3.05, 3.63) is 89.7 Å². The number of benzene rings is 3. The third-order valence-electron chi connectivity index (χ3n) is 6.02. The number of anilines is 1. The maximum Gasteiger partial charge on any atom is 0.338 e. The van der Waals surface area contributed by atoms with Gasteiger partial charge in [0.05, 0.1) is 36.3 Å². The van der Waals surface area contributed by atoms with E-state index in [1.807, 2.05) is 0 Å². The summed E-state index contributed by atoms with van der Waals surface area (Å²) in [5.74, 6) is -1.94. The topological polar surface area (TPSA) is 110 Å². The average molecular weight is 541 g/mol. The highest BCUT2D eigenvalue weighted by Crippen LogP contribution is 2.31. The molecule has 0 radical (unpaired) electrons. The van der Waals surface area contributed by atoms with Crippen molar-refractivity contribution >= 4 is 33.5 Å². The molecule has 1 saturated heterocycles. The molecule has 1 atom stereocenters. The number of amides is 2. The lowest BCUT2D eigenvalue weighted by Gasteiger charge is -2.27. The standard InChI is InChI=1S/C27H25FN2O7S/c1-3-37-27(33)19-6-10-21(11-7-19)30-25(31)16-24(26(30)32)29(17-18-4-8-20(28)9-5-18)38(34,35)23-14-12-22(36-2)13-15-23/h4-15,24H,3,16-17H2,1-2H3. The van der Waals surface area contributed by atoms with E-state index >= 15 is 0 Å². The van der Waals surface area contributed by atoms with Crippen molar-refractivity contribution in [1.82, 2.24) is 4.31 Å². The van der Waals surface area contributed by atoms with Gasteiger partial charge in [0.15, 0.2) is 0 Å². The van der Waals surface area contributed by atoms with Crippen LogP contribution in [0, 0.1) is 5.82 Å². The molecule has 1 fully saturated rings. The van der Waals surface area contributed by atoms with Crippen LogP contribution >= 0.6 is 0 Å². The van der Waals surface area contributed by atoms with Crippen molar-refractivity contribution in [1.29, 1.82) is 0 Å². The van der Waals surface area contributed by atoms with Crippen LogP contribution in [-0.2, 0) is 30.9 Å². The van der Waals surface area contributed by atoms with Crippen molar-refractivity contribution in [3.8, 4) is 5.75 Å². The summed E-state index contributed by atoms with van der Waals surface area (Å²) in [5, 5.41) is 0. The molecule has 0 bridgehead atoms. The van der Waals surface area contributed by atoms with Crippen molar-refractivity contribution in [2.75, 3.05) is 18.6 Å². The molecule has 1 aliphatic heterocycles. The summed E-state index contributed by atoms with van der Waals surface area (Å²) in [7, 11) is -2.84. The molecule has 0 saturated carbocycles. The Morgan fingerprint density at radius 3 is 2.21 bits per heavy atom. The number of hydrogen-bond acceptors (Lipinski definition) is 7. The fourth-order valence-corrected chi connectivity index (χ4v) is 5.66. The van der Waals surface area contributed by atoms with Crippen molar-refractivity contribution in [3.63, 3.8) is 0 Å². The molecule has 38 heavy (non-hydrogen) atoms. The Labute approximate surface area is 219 Å². The Balaban J connectivity index is 1.69. The van der Waals surface area contributed by atoms with Gasteiger partial charge in [-0.15, -0.1) is 0 Å². The molecule has 0 aliphatic carbocycles. The third kappa shape index (κ3) is 5.43. The van der Waals surface area contributed by atoms with E-state index in [2.05, 4.69) is 0 Å². The smallest absolute Gasteiger partial charge is 0.338 e. The quantitative estimate of drug-likeness (QED) is 0.302. The summed E-state index contributed by atoms with van der Waals surface area (Å²) in [6.07, 6.45) is -0.394. The second-order valence-electron chi connectivity index (χ2n) is 8.41. The predicted molar refractivity (Wildman–Crippen MR) is 135 cm³/mol. The molecular weight excluding hydrogens is 515 g/mol. The second kappa shape index (κ2) is 11.1. The number of imide groups is 1. The number of carbonyl (C=O) groups is 3. The van der Waals surface area contributed by atoms with Gasteiger partial charge in [-0.2, -0.15) is 4.31 Å². The normalized spacial score (nSPS) is 15.7. The second-order valence-corrected chi connectivity index (χ2v) is 10.3. The van der Waals surface area contributed by atoms with Crippen molar-refractivity contribution < 1.29 is 36.7 Å². The summed E-state index contributed by atoms with van der Waals surface area (Å²) >= 11 is 0. The average Bonchev–Trinajstić information content (AvgIpc) is 3.21. The number of esters is 1. The molecule has 3 aromatic rings. The van der Waals surface area contributed by atoms with Gasteiger partial charge in [0.25, 0.3) is 5.91 Å². The molecule has 9 nitrogen and oxygen atoms in total. The van der Waals surface area contributed by atoms with E-state index in [9.17, 15) is 27.2 Å². The Hall–Kier alpha value is -4.09. The Kier molecular flexibility index (Phi) is 7.88. The number of methoxy groups -OCH3 is 1. The van der Waals surface area contributed by atoms with Gasteiger partial charge in [0.1, 0.15) is 17.6 Å². The first-order chi connectivity index (χ1) is 18.1. The summed E-state index contributed by atoms with van der Waals surface area (Å²) in [6, 6.07) is 15.2. The molecule has 1 heterocycles. The van der Waals surface area contributed by atoms with Gasteiger partial charge in [-0.3, -0.25) is 9.59 Å². The molecule has 11 heteroatoms. The maximum absolute atomic E-state index is 13.7. The van der Waals surface area contributed by atoms with Gasteiger partial charge >= 0.3 is 5.97 Å². The lowest BCUT2D eigenvalue weighted by atomic mass is 10.2. The van der Waals surface area contributed by atoms with Crippen LogP contribution in [-0.4, -0.2) is 50.3 Å². The minimum atomic E-state index is -4.28. The van der Waals surface area contributed by atoms with Gasteiger partial charge in [-0.05, 0) is 73.2 Å². The van der Waals surface area contributed by atoms with Gasteiger partial charge in [0.2, 0.25) is 15.9 Å². The number of halogens is 1. The monoisotopic (exact) mass is 540 g/mol. The lowest BCUT2D eigenvalue weighted by molar-refractivity contribution is -0.122. The van der Waals surface area contributed by atoms with Crippen molar-refractivity contribution in [2.24, 2.45) is 0 Å². The maximum atomic E-state index is 13.7. The minimum Gasteiger partial charge on any atom is -0.497 e. The van der Waals surface area contributed by atoms with Crippen LogP contribution < -0.4 is 9.64 Å². The van der Waals surface area contributed by atoms with Crippen LogP contribution in [0.5, 0.6) is 5.75 Å². The first-order valence-electron chi connectivity index (χ1n) is 11.7. The molecule has 2 amide bonds. The van der Waals surface area contributed by atoms with E-state index in [0.717, 1.165) is 9.21 Å². The third-order valence-corrected chi connectivity index (χ3v) is 7.89. The van der Waals surface area contributed by atoms with Gasteiger partial charge in [0, 0.05) is 6.54 Å². The first kappa shape index (κ1) is 27.0. The van der Waals surface area contributed by atoms with E-state index in [0.29, 0.717) is 11.3 Å². The minimum absolute atomic E-state index is 0.0992. The molecule has 0 N–H and O–H groups in total. The van der Waals surface area contributed by atoms with Crippen LogP contribution in [0.25, 0.3) is 0 Å². The molecule has 0 spiro atoms. The Morgan fingerprint density at radius 2 is 1.63 bits per heavy atom. The summed E-state index contributed by atoms with van der Waals surface area (Å²) in [4.78, 5) is 39.3. The fourth-order valence-electron chi connectivity index (χ4n) is 4.09. The zero-order valence-electron chi connectivity index (χ0n) is 20.7. The lowest BCUT2D eigenvalue weighted by Crippen LogP contribution is -2.45. The number of sulfonamides is 1. The largest absolute Gasteiger partial charge is 0.497 e. The van der Waals surface area contributed by atoms with Crippen LogP contribution in [0.15, 0.2) is 77.7 Å². The van der Waals surface area contributed by atoms with Crippen LogP contribution in [0.4, 0.5) is 10.1 Å². The fraction of sp³-hybridized carbons (Fsp3) is 0.222. The predicted octanol–water partition coefficient (Wildman–Crippen LogP) is 3.53. The Bertz CT molecular complexity index is 1440. The zero-order valence-corrected chi connectivity index (χ0v) is 21.5. The van der Waals surface area contributed by atoms with Crippen LogP contribution in [0.1, 0.15) is 29.3 Å². The molecule has 4 rings (SSSR count). The highest BCUT2D eigenvalue weighted by Gasteiger charge is 2.47. The summed E-state index contributed by atoms with van der Waals surface area (Å²) in [5.41, 5.74) is 0.867. The molecular formula is C27H25FN2O7S. The van der Waals surface area contributed by atoms with E-state index in [-0.39, 0.29) is 29.3 Å². The van der Waals surface area contributed by atoms with E-state index < -0.39 is 46.1 Å².